The van der Waals surface area contributed by atoms with Crippen LogP contribution in [0.1, 0.15) is 17.5 Å². The molecule has 0 aliphatic heterocycles. The number of aryl methyl sites for hydroxylation is 1. The Hall–Kier alpha value is -3.49. The predicted octanol–water partition coefficient (Wildman–Crippen LogP) is 0.273. The molecule has 4 aromatic rings. The molecule has 0 amide bonds. The van der Waals surface area contributed by atoms with Gasteiger partial charge >= 0.3 is 5.69 Å². The van der Waals surface area contributed by atoms with Crippen molar-refractivity contribution in [1.29, 1.82) is 0 Å². The summed E-state index contributed by atoms with van der Waals surface area (Å²) in [6, 6.07) is 9.15. The lowest BCUT2D eigenvalue weighted by atomic mass is 10.3. The van der Waals surface area contributed by atoms with Crippen LogP contribution >= 0.6 is 0 Å². The van der Waals surface area contributed by atoms with E-state index in [9.17, 15) is 14.4 Å². The molecule has 9 nitrogen and oxygen atoms in total. The fourth-order valence-electron chi connectivity index (χ4n) is 2.88. The van der Waals surface area contributed by atoms with Crippen LogP contribution in [-0.2, 0) is 14.1 Å². The molecular weight excluding hydrogens is 324 g/mol. The van der Waals surface area contributed by atoms with Gasteiger partial charge in [-0.25, -0.2) is 9.20 Å². The SMILES string of the molecule is CC(=O)c1nn(-c2ccccc2)c2nc3c(c(=O)n(C)c(=O)n3C)n12. The lowest BCUT2D eigenvalue weighted by molar-refractivity contribution is 0.100. The molecule has 0 unspecified atom stereocenters. The molecule has 0 aliphatic carbocycles. The smallest absolute Gasteiger partial charge is 0.291 e. The van der Waals surface area contributed by atoms with E-state index in [1.54, 1.807) is 0 Å². The van der Waals surface area contributed by atoms with Gasteiger partial charge < -0.3 is 0 Å². The number of Topliss-reactive ketones (excluding diaryl/α,β-unsaturated/α-hetero) is 1. The van der Waals surface area contributed by atoms with E-state index >= 15 is 0 Å². The van der Waals surface area contributed by atoms with Gasteiger partial charge in [0.2, 0.25) is 11.6 Å². The van der Waals surface area contributed by atoms with E-state index in [2.05, 4.69) is 10.1 Å². The van der Waals surface area contributed by atoms with E-state index in [0.29, 0.717) is 11.5 Å². The van der Waals surface area contributed by atoms with E-state index in [-0.39, 0.29) is 22.8 Å². The summed E-state index contributed by atoms with van der Waals surface area (Å²) < 4.78 is 5.16. The zero-order valence-electron chi connectivity index (χ0n) is 13.8. The first kappa shape index (κ1) is 15.1. The average molecular weight is 338 g/mol. The van der Waals surface area contributed by atoms with Crippen LogP contribution in [0, 0.1) is 0 Å². The van der Waals surface area contributed by atoms with Crippen molar-refractivity contribution >= 4 is 22.7 Å². The first-order chi connectivity index (χ1) is 11.9. The maximum Gasteiger partial charge on any atom is 0.332 e. The van der Waals surface area contributed by atoms with Gasteiger partial charge in [-0.15, -0.1) is 5.10 Å². The van der Waals surface area contributed by atoms with Gasteiger partial charge in [0, 0.05) is 21.0 Å². The molecule has 1 aromatic carbocycles. The lowest BCUT2D eigenvalue weighted by Crippen LogP contribution is -2.37. The summed E-state index contributed by atoms with van der Waals surface area (Å²) in [6.07, 6.45) is 0. The summed E-state index contributed by atoms with van der Waals surface area (Å²) in [5, 5.41) is 4.32. The standard InChI is InChI=1S/C16H14N6O3/c1-9(23)12-18-22(10-7-5-4-6-8-10)15-17-13-11(21(12)15)14(24)20(3)16(25)19(13)2/h4-8H,1-3H3. The second-order valence-electron chi connectivity index (χ2n) is 5.75. The molecule has 0 aliphatic rings. The molecule has 126 valence electrons. The number of imidazole rings is 1. The largest absolute Gasteiger partial charge is 0.332 e. The van der Waals surface area contributed by atoms with Crippen LogP contribution in [0.3, 0.4) is 0 Å². The van der Waals surface area contributed by atoms with Crippen LogP contribution in [0.15, 0.2) is 39.9 Å². The van der Waals surface area contributed by atoms with Gasteiger partial charge in [0.15, 0.2) is 16.9 Å². The molecule has 3 heterocycles. The van der Waals surface area contributed by atoms with Crippen molar-refractivity contribution in [3.05, 3.63) is 57.0 Å². The zero-order valence-corrected chi connectivity index (χ0v) is 13.8. The zero-order chi connectivity index (χ0) is 17.9. The van der Waals surface area contributed by atoms with E-state index < -0.39 is 11.2 Å². The fraction of sp³-hybridized carbons (Fsp3) is 0.188. The molecule has 0 fully saturated rings. The third-order valence-electron chi connectivity index (χ3n) is 4.15. The van der Waals surface area contributed by atoms with Crippen LogP contribution in [-0.4, -0.2) is 34.1 Å². The summed E-state index contributed by atoms with van der Waals surface area (Å²) in [4.78, 5) is 41.3. The minimum absolute atomic E-state index is 0.0807. The van der Waals surface area contributed by atoms with Crippen LogP contribution < -0.4 is 11.2 Å². The number of aromatic nitrogens is 6. The van der Waals surface area contributed by atoms with Gasteiger partial charge in [0.05, 0.1) is 5.69 Å². The van der Waals surface area contributed by atoms with Crippen LogP contribution in [0.5, 0.6) is 0 Å². The normalized spacial score (nSPS) is 11.5. The van der Waals surface area contributed by atoms with Crippen molar-refractivity contribution in [2.24, 2.45) is 14.1 Å². The quantitative estimate of drug-likeness (QED) is 0.489. The van der Waals surface area contributed by atoms with E-state index in [1.807, 2.05) is 30.3 Å². The predicted molar refractivity (Wildman–Crippen MR) is 90.3 cm³/mol. The number of carbonyl (C=O) groups excluding carboxylic acids is 1. The maximum atomic E-state index is 12.6. The van der Waals surface area contributed by atoms with Crippen LogP contribution in [0.4, 0.5) is 0 Å². The van der Waals surface area contributed by atoms with Crippen LogP contribution in [0.25, 0.3) is 22.6 Å². The van der Waals surface area contributed by atoms with Crippen molar-refractivity contribution in [2.75, 3.05) is 0 Å². The molecule has 0 radical (unpaired) electrons. The number of fused-ring (bicyclic) bond motifs is 3. The molecule has 0 spiro atoms. The Balaban J connectivity index is 2.28. The molecule has 0 atom stereocenters. The van der Waals surface area contributed by atoms with Crippen molar-refractivity contribution in [3.63, 3.8) is 0 Å². The second-order valence-corrected chi connectivity index (χ2v) is 5.75. The van der Waals surface area contributed by atoms with Crippen molar-refractivity contribution < 1.29 is 4.79 Å². The number of benzene rings is 1. The number of ketones is 1. The molecule has 0 saturated carbocycles. The number of nitrogens with zero attached hydrogens (tertiary/aromatic N) is 6. The Labute approximate surface area is 140 Å². The number of para-hydroxylation sites is 1. The summed E-state index contributed by atoms with van der Waals surface area (Å²) in [6.45, 7) is 1.37. The van der Waals surface area contributed by atoms with Gasteiger partial charge in [-0.05, 0) is 12.1 Å². The summed E-state index contributed by atoms with van der Waals surface area (Å²) in [5.41, 5.74) is 0.0318. The summed E-state index contributed by atoms with van der Waals surface area (Å²) in [5.74, 6) is 0.0664. The monoisotopic (exact) mass is 338 g/mol. The fourth-order valence-corrected chi connectivity index (χ4v) is 2.88. The number of hydrogen-bond acceptors (Lipinski definition) is 5. The van der Waals surface area contributed by atoms with Crippen molar-refractivity contribution in [3.8, 4) is 5.69 Å². The third-order valence-corrected chi connectivity index (χ3v) is 4.15. The Morgan fingerprint density at radius 1 is 1.04 bits per heavy atom. The summed E-state index contributed by atoms with van der Waals surface area (Å²) >= 11 is 0. The van der Waals surface area contributed by atoms with E-state index in [0.717, 1.165) is 4.57 Å². The maximum absolute atomic E-state index is 12.6. The lowest BCUT2D eigenvalue weighted by Gasteiger charge is -2.02. The second kappa shape index (κ2) is 5.00. The molecule has 0 saturated heterocycles. The van der Waals surface area contributed by atoms with Crippen LogP contribution in [0.2, 0.25) is 0 Å². The average Bonchev–Trinajstić information content (AvgIpc) is 3.16. The number of hydrogen-bond donors (Lipinski definition) is 0. The topological polar surface area (TPSA) is 96.2 Å². The van der Waals surface area contributed by atoms with Crippen molar-refractivity contribution in [2.45, 2.75) is 6.92 Å². The van der Waals surface area contributed by atoms with Gasteiger partial charge in [-0.2, -0.15) is 9.67 Å². The summed E-state index contributed by atoms with van der Waals surface area (Å²) in [7, 11) is 2.92. The highest BCUT2D eigenvalue weighted by atomic mass is 16.2. The Kier molecular flexibility index (Phi) is 3.01. The molecule has 9 heteroatoms. The molecule has 3 aromatic heterocycles. The minimum Gasteiger partial charge on any atom is -0.291 e. The Bertz CT molecular complexity index is 1270. The molecule has 0 bridgehead atoms. The molecule has 4 rings (SSSR count). The first-order valence-electron chi connectivity index (χ1n) is 7.55. The van der Waals surface area contributed by atoms with Crippen molar-refractivity contribution in [1.82, 2.24) is 28.3 Å². The first-order valence-corrected chi connectivity index (χ1v) is 7.55. The number of rotatable bonds is 2. The van der Waals surface area contributed by atoms with Gasteiger partial charge in [0.1, 0.15) is 0 Å². The van der Waals surface area contributed by atoms with Gasteiger partial charge in [-0.3, -0.25) is 18.7 Å². The highest BCUT2D eigenvalue weighted by Crippen LogP contribution is 2.18. The minimum atomic E-state index is -0.527. The molecule has 25 heavy (non-hydrogen) atoms. The highest BCUT2D eigenvalue weighted by Gasteiger charge is 2.24. The molecular formula is C16H14N6O3. The highest BCUT2D eigenvalue weighted by molar-refractivity contribution is 5.93. The molecule has 0 N–H and O–H groups in total. The Morgan fingerprint density at radius 2 is 1.72 bits per heavy atom. The van der Waals surface area contributed by atoms with Gasteiger partial charge in [-0.1, -0.05) is 18.2 Å². The van der Waals surface area contributed by atoms with Gasteiger partial charge in [0.25, 0.3) is 5.56 Å². The number of carbonyl (C=O) groups is 1. The van der Waals surface area contributed by atoms with E-state index in [1.165, 1.54) is 34.7 Å². The Morgan fingerprint density at radius 3 is 2.36 bits per heavy atom. The third kappa shape index (κ3) is 1.92. The van der Waals surface area contributed by atoms with E-state index in [4.69, 9.17) is 0 Å².